The van der Waals surface area contributed by atoms with Crippen molar-refractivity contribution in [3.05, 3.63) is 38.5 Å². The molecule has 7 nitrogen and oxygen atoms in total. The fraction of sp³-hybridized carbons (Fsp3) is 0.556. The molecule has 26 heavy (non-hydrogen) atoms. The van der Waals surface area contributed by atoms with Crippen LogP contribution >= 0.6 is 11.3 Å². The van der Waals surface area contributed by atoms with E-state index in [1.165, 1.54) is 0 Å². The molecule has 2 aliphatic rings. The van der Waals surface area contributed by atoms with Crippen molar-refractivity contribution in [3.8, 4) is 0 Å². The van der Waals surface area contributed by atoms with Crippen LogP contribution in [0.15, 0.2) is 16.4 Å². The van der Waals surface area contributed by atoms with E-state index < -0.39 is 0 Å². The third-order valence-corrected chi connectivity index (χ3v) is 6.45. The van der Waals surface area contributed by atoms with E-state index >= 15 is 0 Å². The maximum absolute atomic E-state index is 12.6. The molecule has 8 heteroatoms. The van der Waals surface area contributed by atoms with Crippen LogP contribution in [0.1, 0.15) is 60.1 Å². The predicted octanol–water partition coefficient (Wildman–Crippen LogP) is 2.90. The smallest absolute Gasteiger partial charge is 0.262 e. The van der Waals surface area contributed by atoms with Crippen molar-refractivity contribution in [2.24, 2.45) is 0 Å². The highest BCUT2D eigenvalue weighted by molar-refractivity contribution is 7.09. The van der Waals surface area contributed by atoms with Crippen molar-refractivity contribution >= 4 is 22.4 Å². The molecule has 2 fully saturated rings. The molecule has 0 spiro atoms. The van der Waals surface area contributed by atoms with Gasteiger partial charge in [0.2, 0.25) is 0 Å². The van der Waals surface area contributed by atoms with Gasteiger partial charge in [0.1, 0.15) is 11.2 Å². The number of thiazole rings is 1. The fourth-order valence-electron chi connectivity index (χ4n) is 4.06. The van der Waals surface area contributed by atoms with Gasteiger partial charge in [0, 0.05) is 30.4 Å². The number of nitrogens with one attached hydrogen (secondary N) is 1. The third kappa shape index (κ3) is 2.59. The van der Waals surface area contributed by atoms with Gasteiger partial charge >= 0.3 is 0 Å². The minimum absolute atomic E-state index is 0.0941. The van der Waals surface area contributed by atoms with Gasteiger partial charge in [-0.15, -0.1) is 11.3 Å². The van der Waals surface area contributed by atoms with E-state index in [9.17, 15) is 4.79 Å². The zero-order valence-electron chi connectivity index (χ0n) is 14.6. The second-order valence-electron chi connectivity index (χ2n) is 7.20. The summed E-state index contributed by atoms with van der Waals surface area (Å²) in [7, 11) is 0. The van der Waals surface area contributed by atoms with E-state index in [4.69, 9.17) is 9.72 Å². The molecule has 0 aromatic carbocycles. The summed E-state index contributed by atoms with van der Waals surface area (Å²) in [4.78, 5) is 25.1. The van der Waals surface area contributed by atoms with Crippen LogP contribution < -0.4 is 5.56 Å². The zero-order chi connectivity index (χ0) is 17.7. The molecule has 1 N–H and O–H groups in total. The molecule has 1 saturated heterocycles. The van der Waals surface area contributed by atoms with Gasteiger partial charge in [0.05, 0.1) is 22.9 Å². The van der Waals surface area contributed by atoms with Crippen molar-refractivity contribution in [1.82, 2.24) is 24.7 Å². The molecular formula is C18H21N5O2S. The SMILES string of the molecule is Cc1nc([C@H]2CC[C@H]2c2nc3c(cnn3C3CCOCC3)c(=O)[nH]2)cs1. The van der Waals surface area contributed by atoms with Gasteiger partial charge in [-0.2, -0.15) is 5.10 Å². The van der Waals surface area contributed by atoms with Gasteiger partial charge in [-0.05, 0) is 32.6 Å². The Balaban J connectivity index is 1.53. The van der Waals surface area contributed by atoms with Crippen LogP contribution in [0.2, 0.25) is 0 Å². The summed E-state index contributed by atoms with van der Waals surface area (Å²) < 4.78 is 7.38. The van der Waals surface area contributed by atoms with E-state index in [-0.39, 0.29) is 17.5 Å². The van der Waals surface area contributed by atoms with E-state index in [2.05, 4.69) is 20.4 Å². The highest BCUT2D eigenvalue weighted by Gasteiger charge is 2.37. The van der Waals surface area contributed by atoms with Gasteiger partial charge in [-0.3, -0.25) is 4.79 Å². The Hall–Kier alpha value is -2.06. The molecule has 136 valence electrons. The molecule has 3 aromatic heterocycles. The standard InChI is InChI=1S/C18H21N5O2S/c1-10-20-15(9-26-10)12-2-3-13(12)16-21-17-14(18(24)22-16)8-19-23(17)11-4-6-25-7-5-11/h8-9,11-13H,2-7H2,1H3,(H,21,22,24)/t12-,13+/m0/s1. The lowest BCUT2D eigenvalue weighted by Gasteiger charge is -2.34. The van der Waals surface area contributed by atoms with Crippen LogP contribution in [-0.2, 0) is 4.74 Å². The van der Waals surface area contributed by atoms with Gasteiger partial charge in [-0.1, -0.05) is 0 Å². The summed E-state index contributed by atoms with van der Waals surface area (Å²) in [6.07, 6.45) is 5.58. The third-order valence-electron chi connectivity index (χ3n) is 5.66. The fourth-order valence-corrected chi connectivity index (χ4v) is 4.73. The Bertz CT molecular complexity index is 1000. The molecular weight excluding hydrogens is 350 g/mol. The summed E-state index contributed by atoms with van der Waals surface area (Å²) in [6, 6.07) is 0.252. The number of hydrogen-bond donors (Lipinski definition) is 1. The van der Waals surface area contributed by atoms with Gasteiger partial charge < -0.3 is 9.72 Å². The number of aromatic amines is 1. The molecule has 1 saturated carbocycles. The predicted molar refractivity (Wildman–Crippen MR) is 98.8 cm³/mol. The Morgan fingerprint density at radius 2 is 2.00 bits per heavy atom. The van der Waals surface area contributed by atoms with E-state index in [0.29, 0.717) is 17.0 Å². The lowest BCUT2D eigenvalue weighted by atomic mass is 9.71. The Labute approximate surface area is 154 Å². The first-order chi connectivity index (χ1) is 12.7. The summed E-state index contributed by atoms with van der Waals surface area (Å²) in [5.41, 5.74) is 1.74. The van der Waals surface area contributed by atoms with Gasteiger partial charge in [0.15, 0.2) is 5.65 Å². The largest absolute Gasteiger partial charge is 0.381 e. The second-order valence-corrected chi connectivity index (χ2v) is 8.27. The first-order valence-electron chi connectivity index (χ1n) is 9.18. The Morgan fingerprint density at radius 3 is 2.69 bits per heavy atom. The van der Waals surface area contributed by atoms with Crippen LogP contribution in [0.4, 0.5) is 0 Å². The van der Waals surface area contributed by atoms with Crippen molar-refractivity contribution in [2.75, 3.05) is 13.2 Å². The zero-order valence-corrected chi connectivity index (χ0v) is 15.5. The molecule has 0 bridgehead atoms. The first-order valence-corrected chi connectivity index (χ1v) is 10.1. The number of nitrogens with zero attached hydrogens (tertiary/aromatic N) is 4. The minimum atomic E-state index is -0.0941. The van der Waals surface area contributed by atoms with Crippen LogP contribution in [0.3, 0.4) is 0 Å². The maximum atomic E-state index is 12.6. The summed E-state index contributed by atoms with van der Waals surface area (Å²) >= 11 is 1.68. The number of fused-ring (bicyclic) bond motifs is 1. The van der Waals surface area contributed by atoms with Crippen LogP contribution in [0.5, 0.6) is 0 Å². The lowest BCUT2D eigenvalue weighted by molar-refractivity contribution is 0.0673. The number of H-pyrrole nitrogens is 1. The Kier molecular flexibility index (Phi) is 3.90. The van der Waals surface area contributed by atoms with Crippen molar-refractivity contribution in [2.45, 2.75) is 50.5 Å². The highest BCUT2D eigenvalue weighted by Crippen LogP contribution is 2.47. The summed E-state index contributed by atoms with van der Waals surface area (Å²) in [6.45, 7) is 3.49. The van der Waals surface area contributed by atoms with Gasteiger partial charge in [0.25, 0.3) is 5.56 Å². The topological polar surface area (TPSA) is 85.7 Å². The maximum Gasteiger partial charge on any atom is 0.262 e. The Morgan fingerprint density at radius 1 is 1.19 bits per heavy atom. The molecule has 0 unspecified atom stereocenters. The van der Waals surface area contributed by atoms with Crippen molar-refractivity contribution in [1.29, 1.82) is 0 Å². The molecule has 1 aliphatic heterocycles. The molecule has 0 amide bonds. The van der Waals surface area contributed by atoms with E-state index in [0.717, 1.165) is 55.4 Å². The molecule has 1 aliphatic carbocycles. The van der Waals surface area contributed by atoms with Crippen LogP contribution in [0, 0.1) is 6.92 Å². The number of rotatable bonds is 3. The summed E-state index contributed by atoms with van der Waals surface area (Å²) in [5.74, 6) is 1.35. The van der Waals surface area contributed by atoms with Crippen LogP contribution in [-0.4, -0.2) is 37.9 Å². The molecule has 3 aromatic rings. The van der Waals surface area contributed by atoms with Crippen molar-refractivity contribution in [3.63, 3.8) is 0 Å². The van der Waals surface area contributed by atoms with Gasteiger partial charge in [-0.25, -0.2) is 14.6 Å². The van der Waals surface area contributed by atoms with E-state index in [1.54, 1.807) is 17.5 Å². The average Bonchev–Trinajstić information content (AvgIpc) is 3.21. The number of hydrogen-bond acceptors (Lipinski definition) is 6. The molecule has 2 atom stereocenters. The molecule has 5 rings (SSSR count). The second kappa shape index (κ2) is 6.28. The number of aromatic nitrogens is 5. The quantitative estimate of drug-likeness (QED) is 0.765. The lowest BCUT2D eigenvalue weighted by Crippen LogP contribution is -2.27. The van der Waals surface area contributed by atoms with Crippen LogP contribution in [0.25, 0.3) is 11.0 Å². The summed E-state index contributed by atoms with van der Waals surface area (Å²) in [5, 5.41) is 8.26. The highest BCUT2D eigenvalue weighted by atomic mass is 32.1. The average molecular weight is 371 g/mol. The minimum Gasteiger partial charge on any atom is -0.381 e. The number of ether oxygens (including phenoxy) is 1. The normalized spacial score (nSPS) is 24.0. The molecule has 4 heterocycles. The first kappa shape index (κ1) is 16.1. The monoisotopic (exact) mass is 371 g/mol. The van der Waals surface area contributed by atoms with E-state index in [1.807, 2.05) is 11.6 Å². The molecule has 0 radical (unpaired) electrons. The number of aryl methyl sites for hydroxylation is 1. The van der Waals surface area contributed by atoms with Crippen molar-refractivity contribution < 1.29 is 4.74 Å².